The number of nitrogens with zero attached hydrogens (tertiary/aromatic N) is 2. The number of hydrogen-bond acceptors (Lipinski definition) is 3. The highest BCUT2D eigenvalue weighted by molar-refractivity contribution is 5.18. The number of aryl methyl sites for hydroxylation is 1. The Labute approximate surface area is 124 Å². The summed E-state index contributed by atoms with van der Waals surface area (Å²) in [6.07, 6.45) is 4.29. The predicted molar refractivity (Wildman–Crippen MR) is 79.3 cm³/mol. The number of benzene rings is 1. The lowest BCUT2D eigenvalue weighted by Crippen LogP contribution is -2.22. The molecule has 2 aromatic rings. The molecule has 1 aromatic carbocycles. The van der Waals surface area contributed by atoms with E-state index < -0.39 is 0 Å². The van der Waals surface area contributed by atoms with Gasteiger partial charge in [0, 0.05) is 19.0 Å². The topological polar surface area (TPSA) is 29.3 Å². The Hall–Kier alpha value is -1.68. The zero-order chi connectivity index (χ0) is 14.7. The number of likely N-dealkylation sites (tertiary alicyclic amines) is 1. The van der Waals surface area contributed by atoms with Gasteiger partial charge in [-0.1, -0.05) is 24.2 Å². The third-order valence-corrected chi connectivity index (χ3v) is 4.08. The van der Waals surface area contributed by atoms with Gasteiger partial charge in [-0.3, -0.25) is 4.90 Å². The summed E-state index contributed by atoms with van der Waals surface area (Å²) in [6.45, 7) is 4.03. The van der Waals surface area contributed by atoms with Gasteiger partial charge >= 0.3 is 0 Å². The second kappa shape index (κ2) is 6.39. The molecule has 2 heterocycles. The maximum Gasteiger partial charge on any atom is 0.137 e. The van der Waals surface area contributed by atoms with Crippen molar-refractivity contribution >= 4 is 0 Å². The molecule has 0 N–H and O–H groups in total. The highest BCUT2D eigenvalue weighted by Crippen LogP contribution is 2.32. The molecule has 1 unspecified atom stereocenters. The lowest BCUT2D eigenvalue weighted by molar-refractivity contribution is 0.236. The normalized spacial score (nSPS) is 19.2. The second-order valence-corrected chi connectivity index (χ2v) is 5.72. The fourth-order valence-electron chi connectivity index (χ4n) is 3.02. The lowest BCUT2D eigenvalue weighted by atomic mass is 10.1. The van der Waals surface area contributed by atoms with E-state index in [1.165, 1.54) is 18.6 Å². The van der Waals surface area contributed by atoms with Gasteiger partial charge in [-0.25, -0.2) is 4.39 Å². The predicted octanol–water partition coefficient (Wildman–Crippen LogP) is 4.10. The molecule has 0 aliphatic carbocycles. The van der Waals surface area contributed by atoms with E-state index in [2.05, 4.69) is 23.0 Å². The minimum atomic E-state index is -0.183. The third kappa shape index (κ3) is 3.32. The molecular formula is C17H21FN2O. The highest BCUT2D eigenvalue weighted by Gasteiger charge is 2.28. The lowest BCUT2D eigenvalue weighted by Gasteiger charge is -2.22. The molecule has 1 saturated heterocycles. The Kier molecular flexibility index (Phi) is 4.34. The molecule has 0 spiro atoms. The SMILES string of the molecule is CCCc1cc(C2CCCN2Cc2ccc(F)cc2)no1. The van der Waals surface area contributed by atoms with Gasteiger partial charge < -0.3 is 4.52 Å². The van der Waals surface area contributed by atoms with Crippen LogP contribution >= 0.6 is 0 Å². The molecule has 1 aliphatic heterocycles. The van der Waals surface area contributed by atoms with Crippen molar-refractivity contribution in [1.82, 2.24) is 10.1 Å². The summed E-state index contributed by atoms with van der Waals surface area (Å²) < 4.78 is 18.4. The monoisotopic (exact) mass is 288 g/mol. The van der Waals surface area contributed by atoms with Gasteiger partial charge in [0.15, 0.2) is 0 Å². The van der Waals surface area contributed by atoms with Crippen LogP contribution in [0.25, 0.3) is 0 Å². The molecule has 0 bridgehead atoms. The van der Waals surface area contributed by atoms with Crippen molar-refractivity contribution in [2.45, 2.75) is 45.2 Å². The summed E-state index contributed by atoms with van der Waals surface area (Å²) in [4.78, 5) is 2.40. The standard InChI is InChI=1S/C17H21FN2O/c1-2-4-15-11-16(19-21-15)17-5-3-10-20(17)12-13-6-8-14(18)9-7-13/h6-9,11,17H,2-5,10,12H2,1H3. The Morgan fingerprint density at radius 3 is 2.90 bits per heavy atom. The average molecular weight is 288 g/mol. The van der Waals surface area contributed by atoms with Crippen molar-refractivity contribution in [2.75, 3.05) is 6.54 Å². The van der Waals surface area contributed by atoms with Crippen molar-refractivity contribution in [1.29, 1.82) is 0 Å². The molecule has 21 heavy (non-hydrogen) atoms. The van der Waals surface area contributed by atoms with Crippen molar-refractivity contribution in [3.63, 3.8) is 0 Å². The van der Waals surface area contributed by atoms with Gasteiger partial charge in [-0.05, 0) is 43.5 Å². The molecule has 3 nitrogen and oxygen atoms in total. The summed E-state index contributed by atoms with van der Waals surface area (Å²) >= 11 is 0. The van der Waals surface area contributed by atoms with Crippen molar-refractivity contribution in [3.05, 3.63) is 53.2 Å². The zero-order valence-electron chi connectivity index (χ0n) is 12.4. The molecule has 0 radical (unpaired) electrons. The quantitative estimate of drug-likeness (QED) is 0.829. The molecule has 112 valence electrons. The minimum Gasteiger partial charge on any atom is -0.361 e. The maximum atomic E-state index is 13.0. The summed E-state index contributed by atoms with van der Waals surface area (Å²) in [7, 11) is 0. The van der Waals surface area contributed by atoms with Crippen molar-refractivity contribution in [3.8, 4) is 0 Å². The van der Waals surface area contributed by atoms with Gasteiger partial charge in [0.25, 0.3) is 0 Å². The molecule has 4 heteroatoms. The number of aromatic nitrogens is 1. The second-order valence-electron chi connectivity index (χ2n) is 5.72. The van der Waals surface area contributed by atoms with Crippen LogP contribution in [0.2, 0.25) is 0 Å². The van der Waals surface area contributed by atoms with Crippen LogP contribution in [0.1, 0.15) is 49.2 Å². The Morgan fingerprint density at radius 2 is 2.14 bits per heavy atom. The van der Waals surface area contributed by atoms with E-state index >= 15 is 0 Å². The number of hydrogen-bond donors (Lipinski definition) is 0. The van der Waals surface area contributed by atoms with Gasteiger partial charge in [-0.2, -0.15) is 0 Å². The maximum absolute atomic E-state index is 13.0. The fraction of sp³-hybridized carbons (Fsp3) is 0.471. The molecular weight excluding hydrogens is 267 g/mol. The fourth-order valence-corrected chi connectivity index (χ4v) is 3.02. The first kappa shape index (κ1) is 14.3. The van der Waals surface area contributed by atoms with Gasteiger partial charge in [0.1, 0.15) is 17.3 Å². The van der Waals surface area contributed by atoms with E-state index in [-0.39, 0.29) is 5.82 Å². The van der Waals surface area contributed by atoms with Crippen LogP contribution in [0.15, 0.2) is 34.9 Å². The first-order valence-corrected chi connectivity index (χ1v) is 7.70. The van der Waals surface area contributed by atoms with Gasteiger partial charge in [0.05, 0.1) is 6.04 Å². The van der Waals surface area contributed by atoms with Crippen LogP contribution in [-0.2, 0) is 13.0 Å². The van der Waals surface area contributed by atoms with Gasteiger partial charge in [-0.15, -0.1) is 0 Å². The third-order valence-electron chi connectivity index (χ3n) is 4.08. The summed E-state index contributed by atoms with van der Waals surface area (Å²) in [5, 5.41) is 4.25. The molecule has 0 saturated carbocycles. The molecule has 3 rings (SSSR count). The molecule has 1 aliphatic rings. The van der Waals surface area contributed by atoms with Crippen LogP contribution in [0, 0.1) is 5.82 Å². The Balaban J connectivity index is 1.70. The van der Waals surface area contributed by atoms with Crippen LogP contribution in [-0.4, -0.2) is 16.6 Å². The van der Waals surface area contributed by atoms with Crippen molar-refractivity contribution in [2.24, 2.45) is 0 Å². The van der Waals surface area contributed by atoms with Crippen LogP contribution in [0.5, 0.6) is 0 Å². The molecule has 0 amide bonds. The summed E-state index contributed by atoms with van der Waals surface area (Å²) in [6, 6.07) is 9.18. The van der Waals surface area contributed by atoms with E-state index in [1.807, 2.05) is 12.1 Å². The van der Waals surface area contributed by atoms with Gasteiger partial charge in [0.2, 0.25) is 0 Å². The average Bonchev–Trinajstić information content (AvgIpc) is 3.11. The molecule has 1 atom stereocenters. The van der Waals surface area contributed by atoms with Crippen molar-refractivity contribution < 1.29 is 8.91 Å². The largest absolute Gasteiger partial charge is 0.361 e. The first-order valence-electron chi connectivity index (χ1n) is 7.70. The van der Waals surface area contributed by atoms with E-state index in [0.717, 1.165) is 49.4 Å². The number of halogens is 1. The smallest absolute Gasteiger partial charge is 0.137 e. The number of rotatable bonds is 5. The highest BCUT2D eigenvalue weighted by atomic mass is 19.1. The summed E-state index contributed by atoms with van der Waals surface area (Å²) in [5.41, 5.74) is 2.18. The molecule has 1 fully saturated rings. The molecule has 1 aromatic heterocycles. The van der Waals surface area contributed by atoms with E-state index in [4.69, 9.17) is 4.52 Å². The van der Waals surface area contributed by atoms with E-state index in [0.29, 0.717) is 6.04 Å². The Bertz CT molecular complexity index is 579. The Morgan fingerprint density at radius 1 is 1.33 bits per heavy atom. The zero-order valence-corrected chi connectivity index (χ0v) is 12.4. The summed E-state index contributed by atoms with van der Waals surface area (Å²) in [5.74, 6) is 0.790. The van der Waals surface area contributed by atoms with Crippen LogP contribution in [0.3, 0.4) is 0 Å². The van der Waals surface area contributed by atoms with E-state index in [1.54, 1.807) is 0 Å². The van der Waals surface area contributed by atoms with Crippen LogP contribution < -0.4 is 0 Å². The van der Waals surface area contributed by atoms with E-state index in [9.17, 15) is 4.39 Å². The van der Waals surface area contributed by atoms with Crippen LogP contribution in [0.4, 0.5) is 4.39 Å². The first-order chi connectivity index (χ1) is 10.3. The minimum absolute atomic E-state index is 0.183.